The maximum Gasteiger partial charge on any atom is 0.172 e. The summed E-state index contributed by atoms with van der Waals surface area (Å²) in [6.07, 6.45) is -0.293. The molecule has 0 aromatic carbocycles. The lowest BCUT2D eigenvalue weighted by molar-refractivity contribution is 0.0781. The van der Waals surface area contributed by atoms with E-state index in [1.165, 1.54) is 11.3 Å². The molecule has 14 heavy (non-hydrogen) atoms. The molecule has 0 bridgehead atoms. The molecule has 0 saturated carbocycles. The minimum atomic E-state index is -0.811. The number of Topliss-reactive ketones (excluding diaryl/α,β-unsaturated/α-hetero) is 1. The normalized spacial score (nSPS) is 12.8. The van der Waals surface area contributed by atoms with Gasteiger partial charge in [-0.1, -0.05) is 11.6 Å². The second-order valence-corrected chi connectivity index (χ2v) is 4.62. The van der Waals surface area contributed by atoms with Crippen molar-refractivity contribution >= 4 is 28.7 Å². The van der Waals surface area contributed by atoms with Crippen LogP contribution in [0.5, 0.6) is 0 Å². The lowest BCUT2D eigenvalue weighted by atomic mass is 10.1. The summed E-state index contributed by atoms with van der Waals surface area (Å²) in [6.45, 7) is -0.307. The molecule has 0 radical (unpaired) electrons. The summed E-state index contributed by atoms with van der Waals surface area (Å²) in [5.41, 5.74) is 0. The predicted octanol–water partition coefficient (Wildman–Crippen LogP) is 1.72. The van der Waals surface area contributed by atoms with Gasteiger partial charge in [-0.2, -0.15) is 0 Å². The van der Waals surface area contributed by atoms with Gasteiger partial charge in [0.05, 0.1) is 21.9 Å². The largest absolute Gasteiger partial charge is 0.394 e. The average molecular weight is 235 g/mol. The van der Waals surface area contributed by atoms with Crippen LogP contribution in [0.1, 0.15) is 22.5 Å². The van der Waals surface area contributed by atoms with E-state index in [0.717, 1.165) is 0 Å². The van der Waals surface area contributed by atoms with Crippen LogP contribution in [0.2, 0.25) is 4.34 Å². The molecular weight excluding hydrogens is 224 g/mol. The van der Waals surface area contributed by atoms with E-state index in [9.17, 15) is 4.79 Å². The van der Waals surface area contributed by atoms with Crippen molar-refractivity contribution in [2.45, 2.75) is 18.9 Å². The molecule has 0 spiro atoms. The number of ketones is 1. The highest BCUT2D eigenvalue weighted by Crippen LogP contribution is 2.23. The Kier molecular flexibility index (Phi) is 4.54. The van der Waals surface area contributed by atoms with Crippen molar-refractivity contribution in [3.05, 3.63) is 21.3 Å². The smallest absolute Gasteiger partial charge is 0.172 e. The lowest BCUT2D eigenvalue weighted by Crippen LogP contribution is -2.13. The van der Waals surface area contributed by atoms with Gasteiger partial charge in [-0.3, -0.25) is 4.79 Å². The minimum Gasteiger partial charge on any atom is -0.394 e. The number of aliphatic hydroxyl groups excluding tert-OH is 2. The zero-order valence-electron chi connectivity index (χ0n) is 7.44. The molecule has 1 atom stereocenters. The highest BCUT2D eigenvalue weighted by Gasteiger charge is 2.11. The van der Waals surface area contributed by atoms with Crippen molar-refractivity contribution < 1.29 is 15.0 Å². The Morgan fingerprint density at radius 3 is 2.79 bits per heavy atom. The zero-order chi connectivity index (χ0) is 10.6. The first-order valence-electron chi connectivity index (χ1n) is 4.21. The summed E-state index contributed by atoms with van der Waals surface area (Å²) >= 11 is 6.90. The van der Waals surface area contributed by atoms with Gasteiger partial charge in [-0.05, 0) is 18.6 Å². The van der Waals surface area contributed by atoms with Crippen LogP contribution in [-0.4, -0.2) is 28.7 Å². The molecule has 0 aliphatic carbocycles. The molecule has 0 aliphatic heterocycles. The number of hydrogen-bond acceptors (Lipinski definition) is 4. The molecule has 1 aromatic rings. The molecule has 3 nitrogen and oxygen atoms in total. The van der Waals surface area contributed by atoms with Crippen LogP contribution in [-0.2, 0) is 0 Å². The quantitative estimate of drug-likeness (QED) is 0.763. The van der Waals surface area contributed by atoms with E-state index in [0.29, 0.717) is 9.21 Å². The number of aliphatic hydroxyl groups is 2. The second-order valence-electron chi connectivity index (χ2n) is 2.90. The first-order valence-corrected chi connectivity index (χ1v) is 5.40. The summed E-state index contributed by atoms with van der Waals surface area (Å²) in [7, 11) is 0. The minimum absolute atomic E-state index is 0.0469. The molecule has 0 unspecified atom stereocenters. The SMILES string of the molecule is O=C(CC[C@H](O)CO)c1ccc(Cl)s1. The van der Waals surface area contributed by atoms with Crippen LogP contribution >= 0.6 is 22.9 Å². The lowest BCUT2D eigenvalue weighted by Gasteiger charge is -2.04. The fourth-order valence-corrected chi connectivity index (χ4v) is 1.99. The summed E-state index contributed by atoms with van der Waals surface area (Å²) in [5.74, 6) is -0.0469. The molecule has 2 N–H and O–H groups in total. The molecule has 78 valence electrons. The van der Waals surface area contributed by atoms with Crippen molar-refractivity contribution in [3.8, 4) is 0 Å². The molecule has 0 fully saturated rings. The van der Waals surface area contributed by atoms with Crippen molar-refractivity contribution in [2.24, 2.45) is 0 Å². The highest BCUT2D eigenvalue weighted by atomic mass is 35.5. The van der Waals surface area contributed by atoms with E-state index in [1.54, 1.807) is 12.1 Å². The molecule has 0 amide bonds. The fraction of sp³-hybridized carbons (Fsp3) is 0.444. The third-order valence-electron chi connectivity index (χ3n) is 1.76. The van der Waals surface area contributed by atoms with Gasteiger partial charge in [-0.25, -0.2) is 0 Å². The molecule has 5 heteroatoms. The Balaban J connectivity index is 2.43. The van der Waals surface area contributed by atoms with Gasteiger partial charge in [0.25, 0.3) is 0 Å². The van der Waals surface area contributed by atoms with Crippen LogP contribution in [0.3, 0.4) is 0 Å². The third kappa shape index (κ3) is 3.38. The van der Waals surface area contributed by atoms with E-state index >= 15 is 0 Å². The molecule has 1 heterocycles. The van der Waals surface area contributed by atoms with Gasteiger partial charge in [-0.15, -0.1) is 11.3 Å². The van der Waals surface area contributed by atoms with Gasteiger partial charge in [0.2, 0.25) is 0 Å². The summed E-state index contributed by atoms with van der Waals surface area (Å²) in [4.78, 5) is 12.0. The van der Waals surface area contributed by atoms with Crippen molar-refractivity contribution in [1.82, 2.24) is 0 Å². The Morgan fingerprint density at radius 2 is 2.29 bits per heavy atom. The third-order valence-corrected chi connectivity index (χ3v) is 3.04. The van der Waals surface area contributed by atoms with E-state index in [4.69, 9.17) is 21.8 Å². The molecule has 1 rings (SSSR count). The second kappa shape index (κ2) is 5.46. The molecule has 1 aromatic heterocycles. The number of carbonyl (C=O) groups is 1. The predicted molar refractivity (Wildman–Crippen MR) is 56.0 cm³/mol. The Morgan fingerprint density at radius 1 is 1.57 bits per heavy atom. The molecule has 0 saturated heterocycles. The number of thiophene rings is 1. The number of halogens is 1. The van der Waals surface area contributed by atoms with Gasteiger partial charge < -0.3 is 10.2 Å². The average Bonchev–Trinajstić information content (AvgIpc) is 2.60. The van der Waals surface area contributed by atoms with Crippen molar-refractivity contribution in [3.63, 3.8) is 0 Å². The maximum absolute atomic E-state index is 11.4. The van der Waals surface area contributed by atoms with E-state index in [1.807, 2.05) is 0 Å². The highest BCUT2D eigenvalue weighted by molar-refractivity contribution is 7.18. The summed E-state index contributed by atoms with van der Waals surface area (Å²) in [5, 5.41) is 17.6. The van der Waals surface area contributed by atoms with Crippen LogP contribution in [0.15, 0.2) is 12.1 Å². The Bertz CT molecular complexity index is 311. The fourth-order valence-electron chi connectivity index (χ4n) is 0.976. The zero-order valence-corrected chi connectivity index (χ0v) is 9.01. The summed E-state index contributed by atoms with van der Waals surface area (Å²) < 4.78 is 0.580. The Labute approximate surface area is 90.9 Å². The maximum atomic E-state index is 11.4. The first kappa shape index (κ1) is 11.7. The topological polar surface area (TPSA) is 57.5 Å². The van der Waals surface area contributed by atoms with Gasteiger partial charge in [0, 0.05) is 6.42 Å². The van der Waals surface area contributed by atoms with Crippen LogP contribution < -0.4 is 0 Å². The standard InChI is InChI=1S/C9H11ClO3S/c10-9-4-3-8(14-9)7(13)2-1-6(12)5-11/h3-4,6,11-12H,1-2,5H2/t6-/m0/s1. The number of hydrogen-bond donors (Lipinski definition) is 2. The van der Waals surface area contributed by atoms with E-state index in [2.05, 4.69) is 0 Å². The molecular formula is C9H11ClO3S. The van der Waals surface area contributed by atoms with Crippen LogP contribution in [0.4, 0.5) is 0 Å². The number of carbonyl (C=O) groups excluding carboxylic acids is 1. The first-order chi connectivity index (χ1) is 6.63. The van der Waals surface area contributed by atoms with Crippen molar-refractivity contribution in [1.29, 1.82) is 0 Å². The van der Waals surface area contributed by atoms with Gasteiger partial charge >= 0.3 is 0 Å². The van der Waals surface area contributed by atoms with Crippen LogP contribution in [0.25, 0.3) is 0 Å². The molecule has 0 aliphatic rings. The van der Waals surface area contributed by atoms with Crippen LogP contribution in [0, 0.1) is 0 Å². The van der Waals surface area contributed by atoms with Gasteiger partial charge in [0.15, 0.2) is 5.78 Å². The van der Waals surface area contributed by atoms with E-state index < -0.39 is 6.10 Å². The van der Waals surface area contributed by atoms with E-state index in [-0.39, 0.29) is 25.2 Å². The summed E-state index contributed by atoms with van der Waals surface area (Å²) in [6, 6.07) is 3.34. The monoisotopic (exact) mass is 234 g/mol. The number of rotatable bonds is 5. The van der Waals surface area contributed by atoms with Gasteiger partial charge in [0.1, 0.15) is 0 Å². The Hall–Kier alpha value is -0.420. The van der Waals surface area contributed by atoms with Crippen molar-refractivity contribution in [2.75, 3.05) is 6.61 Å².